The van der Waals surface area contributed by atoms with Crippen molar-refractivity contribution in [2.24, 2.45) is 0 Å². The van der Waals surface area contributed by atoms with Crippen molar-refractivity contribution in [2.75, 3.05) is 31.1 Å². The lowest BCUT2D eigenvalue weighted by Crippen LogP contribution is -2.44. The van der Waals surface area contributed by atoms with Crippen molar-refractivity contribution in [1.82, 2.24) is 15.3 Å². The van der Waals surface area contributed by atoms with E-state index in [1.165, 1.54) is 18.5 Å². The molecule has 80 valence electrons. The van der Waals surface area contributed by atoms with Crippen LogP contribution in [0.15, 0.2) is 12.4 Å². The van der Waals surface area contributed by atoms with E-state index in [2.05, 4.69) is 15.2 Å². The topological polar surface area (TPSA) is 41.1 Å². The van der Waals surface area contributed by atoms with E-state index < -0.39 is 0 Å². The molecule has 15 heavy (non-hydrogen) atoms. The lowest BCUT2D eigenvalue weighted by Gasteiger charge is -2.28. The second kappa shape index (κ2) is 3.77. The number of nitrogens with one attached hydrogen (secondary N) is 1. The molecule has 0 atom stereocenters. The maximum atomic E-state index is 4.69. The van der Waals surface area contributed by atoms with Crippen molar-refractivity contribution in [3.63, 3.8) is 0 Å². The summed E-state index contributed by atoms with van der Waals surface area (Å²) in [5.41, 5.74) is 1.19. The van der Waals surface area contributed by atoms with Crippen molar-refractivity contribution < 1.29 is 0 Å². The van der Waals surface area contributed by atoms with Gasteiger partial charge >= 0.3 is 0 Å². The molecule has 0 amide bonds. The highest BCUT2D eigenvalue weighted by molar-refractivity contribution is 5.37. The van der Waals surface area contributed by atoms with Crippen LogP contribution in [0.5, 0.6) is 0 Å². The minimum atomic E-state index is 0.695. The Hall–Kier alpha value is -1.16. The van der Waals surface area contributed by atoms with Crippen LogP contribution >= 0.6 is 0 Å². The van der Waals surface area contributed by atoms with Gasteiger partial charge in [0, 0.05) is 38.3 Å². The van der Waals surface area contributed by atoms with Gasteiger partial charge in [-0.3, -0.25) is 4.98 Å². The molecule has 0 unspecified atom stereocenters. The number of aromatic nitrogens is 2. The quantitative estimate of drug-likeness (QED) is 0.772. The molecule has 1 aliphatic carbocycles. The zero-order valence-electron chi connectivity index (χ0n) is 8.82. The van der Waals surface area contributed by atoms with Gasteiger partial charge in [-0.25, -0.2) is 4.98 Å². The average Bonchev–Trinajstić information content (AvgIpc) is 3.14. The van der Waals surface area contributed by atoms with E-state index in [4.69, 9.17) is 4.98 Å². The largest absolute Gasteiger partial charge is 0.353 e. The van der Waals surface area contributed by atoms with E-state index >= 15 is 0 Å². The predicted octanol–water partition coefficient (Wildman–Crippen LogP) is 0.764. The molecule has 3 rings (SSSR count). The van der Waals surface area contributed by atoms with Crippen LogP contribution in [-0.2, 0) is 0 Å². The van der Waals surface area contributed by atoms with E-state index in [1.807, 2.05) is 12.4 Å². The molecule has 1 N–H and O–H groups in total. The molecule has 1 aromatic rings. The molecule has 0 spiro atoms. The Balaban J connectivity index is 1.80. The summed E-state index contributed by atoms with van der Waals surface area (Å²) in [5.74, 6) is 1.75. The van der Waals surface area contributed by atoms with E-state index in [0.29, 0.717) is 5.92 Å². The number of hydrogen-bond donors (Lipinski definition) is 1. The van der Waals surface area contributed by atoms with Crippen molar-refractivity contribution >= 4 is 5.82 Å². The highest BCUT2D eigenvalue weighted by atomic mass is 15.2. The zero-order chi connectivity index (χ0) is 10.1. The summed E-state index contributed by atoms with van der Waals surface area (Å²) >= 11 is 0. The van der Waals surface area contributed by atoms with Crippen molar-refractivity contribution in [3.05, 3.63) is 18.1 Å². The average molecular weight is 204 g/mol. The molecule has 1 saturated carbocycles. The Kier molecular flexibility index (Phi) is 2.29. The maximum Gasteiger partial charge on any atom is 0.147 e. The summed E-state index contributed by atoms with van der Waals surface area (Å²) in [6.07, 6.45) is 6.39. The lowest BCUT2D eigenvalue weighted by molar-refractivity contribution is 0.583. The zero-order valence-corrected chi connectivity index (χ0v) is 8.82. The van der Waals surface area contributed by atoms with Crippen LogP contribution in [0.2, 0.25) is 0 Å². The summed E-state index contributed by atoms with van der Waals surface area (Å²) in [7, 11) is 0. The standard InChI is InChI=1S/C11H16N4/c1-2-9(1)10-7-13-8-11(14-10)15-5-3-12-4-6-15/h7-9,12H,1-6H2. The lowest BCUT2D eigenvalue weighted by atomic mass is 10.3. The minimum Gasteiger partial charge on any atom is -0.353 e. The fourth-order valence-corrected chi connectivity index (χ4v) is 1.99. The molecular formula is C11H16N4. The Labute approximate surface area is 89.7 Å². The first-order valence-corrected chi connectivity index (χ1v) is 5.71. The highest BCUT2D eigenvalue weighted by Crippen LogP contribution is 2.39. The second-order valence-electron chi connectivity index (χ2n) is 4.31. The van der Waals surface area contributed by atoms with Gasteiger partial charge in [-0.05, 0) is 12.8 Å². The summed E-state index contributed by atoms with van der Waals surface area (Å²) in [5, 5.41) is 3.34. The highest BCUT2D eigenvalue weighted by Gasteiger charge is 2.26. The van der Waals surface area contributed by atoms with Crippen molar-refractivity contribution in [2.45, 2.75) is 18.8 Å². The van der Waals surface area contributed by atoms with Gasteiger partial charge in [-0.2, -0.15) is 0 Å². The van der Waals surface area contributed by atoms with Gasteiger partial charge in [-0.15, -0.1) is 0 Å². The minimum absolute atomic E-state index is 0.695. The maximum absolute atomic E-state index is 4.69. The van der Waals surface area contributed by atoms with Crippen LogP contribution in [-0.4, -0.2) is 36.1 Å². The molecule has 0 radical (unpaired) electrons. The first kappa shape index (κ1) is 9.09. The SMILES string of the molecule is c1ncc(N2CCNCC2)nc1C1CC1. The molecule has 1 aliphatic heterocycles. The van der Waals surface area contributed by atoms with E-state index in [0.717, 1.165) is 32.0 Å². The smallest absolute Gasteiger partial charge is 0.147 e. The van der Waals surface area contributed by atoms with Crippen molar-refractivity contribution in [3.8, 4) is 0 Å². The number of piperazine rings is 1. The predicted molar refractivity (Wildman–Crippen MR) is 59.1 cm³/mol. The second-order valence-corrected chi connectivity index (χ2v) is 4.31. The van der Waals surface area contributed by atoms with Gasteiger partial charge in [0.25, 0.3) is 0 Å². The molecule has 2 aliphatic rings. The van der Waals surface area contributed by atoms with Crippen LogP contribution in [0, 0.1) is 0 Å². The Morgan fingerprint density at radius 2 is 2.00 bits per heavy atom. The number of rotatable bonds is 2. The first-order valence-electron chi connectivity index (χ1n) is 5.71. The fourth-order valence-electron chi connectivity index (χ4n) is 1.99. The van der Waals surface area contributed by atoms with Gasteiger partial charge in [-0.1, -0.05) is 0 Å². The molecule has 4 heteroatoms. The van der Waals surface area contributed by atoms with Gasteiger partial charge < -0.3 is 10.2 Å². The summed E-state index contributed by atoms with van der Waals surface area (Å²) in [6.45, 7) is 4.19. The van der Waals surface area contributed by atoms with Gasteiger partial charge in [0.05, 0.1) is 11.9 Å². The van der Waals surface area contributed by atoms with E-state index in [9.17, 15) is 0 Å². The van der Waals surface area contributed by atoms with Crippen LogP contribution in [0.25, 0.3) is 0 Å². The molecule has 1 saturated heterocycles. The van der Waals surface area contributed by atoms with Crippen LogP contribution < -0.4 is 10.2 Å². The fraction of sp³-hybridized carbons (Fsp3) is 0.636. The Morgan fingerprint density at radius 1 is 1.20 bits per heavy atom. The molecule has 2 fully saturated rings. The molecule has 4 nitrogen and oxygen atoms in total. The summed E-state index contributed by atoms with van der Waals surface area (Å²) < 4.78 is 0. The van der Waals surface area contributed by atoms with Crippen molar-refractivity contribution in [1.29, 1.82) is 0 Å². The molecule has 0 bridgehead atoms. The number of anilines is 1. The van der Waals surface area contributed by atoms with Crippen LogP contribution in [0.4, 0.5) is 5.82 Å². The van der Waals surface area contributed by atoms with E-state index in [-0.39, 0.29) is 0 Å². The summed E-state index contributed by atoms with van der Waals surface area (Å²) in [4.78, 5) is 11.3. The molecular weight excluding hydrogens is 188 g/mol. The molecule has 1 aromatic heterocycles. The normalized spacial score (nSPS) is 21.7. The monoisotopic (exact) mass is 204 g/mol. The first-order chi connectivity index (χ1) is 7.43. The summed E-state index contributed by atoms with van der Waals surface area (Å²) in [6, 6.07) is 0. The van der Waals surface area contributed by atoms with Gasteiger partial charge in [0.1, 0.15) is 5.82 Å². The van der Waals surface area contributed by atoms with Crippen LogP contribution in [0.3, 0.4) is 0 Å². The van der Waals surface area contributed by atoms with Crippen LogP contribution in [0.1, 0.15) is 24.5 Å². The Morgan fingerprint density at radius 3 is 2.73 bits per heavy atom. The Bertz CT molecular complexity index is 342. The van der Waals surface area contributed by atoms with Gasteiger partial charge in [0.15, 0.2) is 0 Å². The van der Waals surface area contributed by atoms with E-state index in [1.54, 1.807) is 0 Å². The van der Waals surface area contributed by atoms with Gasteiger partial charge in [0.2, 0.25) is 0 Å². The molecule has 0 aromatic carbocycles. The number of nitrogens with zero attached hydrogens (tertiary/aromatic N) is 3. The third-order valence-electron chi connectivity index (χ3n) is 3.08. The third kappa shape index (κ3) is 1.95. The number of hydrogen-bond acceptors (Lipinski definition) is 4. The molecule has 2 heterocycles. The third-order valence-corrected chi connectivity index (χ3v) is 3.08.